The molecule has 1 N–H and O–H groups in total. The van der Waals surface area contributed by atoms with E-state index in [0.717, 1.165) is 54.8 Å². The van der Waals surface area contributed by atoms with Gasteiger partial charge in [0.2, 0.25) is 0 Å². The maximum atomic E-state index is 6.55. The first-order valence-corrected chi connectivity index (χ1v) is 12.2. The van der Waals surface area contributed by atoms with Crippen LogP contribution in [0, 0.1) is 0 Å². The molecule has 0 amide bonds. The van der Waals surface area contributed by atoms with Gasteiger partial charge in [-0.05, 0) is 75.3 Å². The smallest absolute Gasteiger partial charge is 0.161 e. The number of hydrogen-bond donors (Lipinski definition) is 1. The monoisotopic (exact) mass is 482 g/mol. The van der Waals surface area contributed by atoms with Crippen molar-refractivity contribution >= 4 is 40.5 Å². The van der Waals surface area contributed by atoms with Gasteiger partial charge in [0.05, 0.1) is 30.1 Å². The van der Waals surface area contributed by atoms with E-state index in [1.54, 1.807) is 14.2 Å². The molecule has 0 unspecified atom stereocenters. The Hall–Kier alpha value is -2.83. The van der Waals surface area contributed by atoms with Crippen LogP contribution in [-0.4, -0.2) is 54.8 Å². The Balaban J connectivity index is 1.83. The molecule has 6 nitrogen and oxygen atoms in total. The summed E-state index contributed by atoms with van der Waals surface area (Å²) in [5, 5.41) is 5.08. The van der Waals surface area contributed by atoms with Gasteiger partial charge in [-0.15, -0.1) is 0 Å². The van der Waals surface area contributed by atoms with Gasteiger partial charge < -0.3 is 19.7 Å². The molecule has 0 radical (unpaired) electrons. The Kier molecular flexibility index (Phi) is 9.54. The third-order valence-corrected chi connectivity index (χ3v) is 6.23. The minimum Gasteiger partial charge on any atom is -0.493 e. The lowest BCUT2D eigenvalue weighted by Gasteiger charge is -2.20. The van der Waals surface area contributed by atoms with Crippen LogP contribution < -0.4 is 14.8 Å². The van der Waals surface area contributed by atoms with Crippen molar-refractivity contribution in [3.05, 3.63) is 52.8 Å². The van der Waals surface area contributed by atoms with Gasteiger partial charge in [-0.3, -0.25) is 0 Å². The lowest BCUT2D eigenvalue weighted by molar-refractivity contribution is 0.295. The van der Waals surface area contributed by atoms with E-state index in [1.807, 2.05) is 48.6 Å². The van der Waals surface area contributed by atoms with Crippen molar-refractivity contribution in [2.24, 2.45) is 0 Å². The minimum absolute atomic E-state index is 0.257. The van der Waals surface area contributed by atoms with Crippen LogP contribution in [0.3, 0.4) is 0 Å². The first kappa shape index (κ1) is 25.8. The van der Waals surface area contributed by atoms with Crippen LogP contribution in [0.4, 0.5) is 5.82 Å². The summed E-state index contributed by atoms with van der Waals surface area (Å²) in [5.74, 6) is 2.75. The maximum absolute atomic E-state index is 6.55. The van der Waals surface area contributed by atoms with Crippen molar-refractivity contribution in [3.8, 4) is 11.5 Å². The van der Waals surface area contributed by atoms with Crippen LogP contribution in [0.15, 0.2) is 36.4 Å². The number of fused-ring (bicyclic) bond motifs is 1. The molecule has 34 heavy (non-hydrogen) atoms. The highest BCUT2D eigenvalue weighted by Crippen LogP contribution is 2.30. The fourth-order valence-corrected chi connectivity index (χ4v) is 4.19. The van der Waals surface area contributed by atoms with Crippen molar-refractivity contribution in [1.82, 2.24) is 14.9 Å². The number of hydrogen-bond acceptors (Lipinski definition) is 6. The molecule has 1 aromatic heterocycles. The first-order valence-electron chi connectivity index (χ1n) is 11.8. The van der Waals surface area contributed by atoms with Crippen molar-refractivity contribution in [2.75, 3.05) is 39.2 Å². The number of nitrogens with one attached hydrogen (secondary N) is 1. The second kappa shape index (κ2) is 12.6. The average molecular weight is 483 g/mol. The Bertz CT molecular complexity index is 1120. The standard InChI is InChI=1S/C27H35ClN4O2/c1-6-32(7-2)17-9-10-19(3)29-27-26-21(28)11-8-12-22(26)30-25(31-27)16-14-20-13-15-23(33-4)24(18-20)34-5/h8,11-16,18-19H,6-7,9-10,17H2,1-5H3,(H,29,30,31)/b16-14+/t19-/m0/s1. The van der Waals surface area contributed by atoms with Crippen molar-refractivity contribution in [2.45, 2.75) is 39.7 Å². The van der Waals surface area contributed by atoms with Crippen LogP contribution in [0.2, 0.25) is 5.02 Å². The maximum Gasteiger partial charge on any atom is 0.161 e. The van der Waals surface area contributed by atoms with Gasteiger partial charge in [-0.25, -0.2) is 9.97 Å². The number of anilines is 1. The molecule has 0 aliphatic carbocycles. The molecule has 0 aliphatic rings. The molecule has 0 bridgehead atoms. The van der Waals surface area contributed by atoms with E-state index in [1.165, 1.54) is 0 Å². The van der Waals surface area contributed by atoms with E-state index in [4.69, 9.17) is 31.0 Å². The molecule has 0 saturated carbocycles. The average Bonchev–Trinajstić information content (AvgIpc) is 2.85. The second-order valence-electron chi connectivity index (χ2n) is 8.23. The Morgan fingerprint density at radius 2 is 1.79 bits per heavy atom. The molecule has 7 heteroatoms. The Labute approximate surface area is 208 Å². The van der Waals surface area contributed by atoms with E-state index in [0.29, 0.717) is 22.3 Å². The van der Waals surface area contributed by atoms with Gasteiger partial charge in [-0.2, -0.15) is 0 Å². The van der Waals surface area contributed by atoms with Crippen molar-refractivity contribution in [1.29, 1.82) is 0 Å². The molecule has 1 heterocycles. The molecule has 0 aliphatic heterocycles. The molecule has 3 rings (SSSR count). The van der Waals surface area contributed by atoms with Gasteiger partial charge in [0.25, 0.3) is 0 Å². The highest BCUT2D eigenvalue weighted by atomic mass is 35.5. The molecule has 0 fully saturated rings. The highest BCUT2D eigenvalue weighted by molar-refractivity contribution is 6.36. The van der Waals surface area contributed by atoms with Crippen LogP contribution in [0.5, 0.6) is 11.5 Å². The van der Waals surface area contributed by atoms with Crippen LogP contribution in [0.25, 0.3) is 23.1 Å². The predicted molar refractivity (Wildman–Crippen MR) is 143 cm³/mol. The summed E-state index contributed by atoms with van der Waals surface area (Å²) in [7, 11) is 3.25. The number of aromatic nitrogens is 2. The summed E-state index contributed by atoms with van der Waals surface area (Å²) in [6.07, 6.45) is 6.03. The summed E-state index contributed by atoms with van der Waals surface area (Å²) in [6, 6.07) is 11.8. The summed E-state index contributed by atoms with van der Waals surface area (Å²) in [5.41, 5.74) is 1.78. The van der Waals surface area contributed by atoms with Gasteiger partial charge in [0.15, 0.2) is 17.3 Å². The molecular formula is C27H35ClN4O2. The molecule has 182 valence electrons. The van der Waals surface area contributed by atoms with E-state index in [-0.39, 0.29) is 6.04 Å². The van der Waals surface area contributed by atoms with Gasteiger partial charge >= 0.3 is 0 Å². The third-order valence-electron chi connectivity index (χ3n) is 5.91. The van der Waals surface area contributed by atoms with E-state index >= 15 is 0 Å². The van der Waals surface area contributed by atoms with Gasteiger partial charge in [0.1, 0.15) is 5.82 Å². The predicted octanol–water partition coefficient (Wildman–Crippen LogP) is 6.39. The largest absolute Gasteiger partial charge is 0.493 e. The number of benzene rings is 2. The quantitative estimate of drug-likeness (QED) is 0.322. The molecule has 2 aromatic carbocycles. The van der Waals surface area contributed by atoms with E-state index in [9.17, 15) is 0 Å². The Morgan fingerprint density at radius 1 is 1.03 bits per heavy atom. The highest BCUT2D eigenvalue weighted by Gasteiger charge is 2.13. The summed E-state index contributed by atoms with van der Waals surface area (Å²) < 4.78 is 10.7. The normalized spacial score (nSPS) is 12.4. The SMILES string of the molecule is CCN(CC)CCC[C@H](C)Nc1nc(/C=C/c2ccc(OC)c(OC)c2)nc2cccc(Cl)c12. The number of rotatable bonds is 12. The summed E-state index contributed by atoms with van der Waals surface area (Å²) >= 11 is 6.55. The minimum atomic E-state index is 0.257. The molecule has 0 saturated heterocycles. The number of nitrogens with zero attached hydrogens (tertiary/aromatic N) is 3. The number of methoxy groups -OCH3 is 2. The van der Waals surface area contributed by atoms with E-state index < -0.39 is 0 Å². The molecular weight excluding hydrogens is 448 g/mol. The molecule has 1 atom stereocenters. The van der Waals surface area contributed by atoms with Crippen LogP contribution in [-0.2, 0) is 0 Å². The second-order valence-corrected chi connectivity index (χ2v) is 8.63. The van der Waals surface area contributed by atoms with Crippen LogP contribution in [0.1, 0.15) is 45.0 Å². The van der Waals surface area contributed by atoms with Crippen molar-refractivity contribution < 1.29 is 9.47 Å². The lowest BCUT2D eigenvalue weighted by atomic mass is 10.1. The molecule has 0 spiro atoms. The van der Waals surface area contributed by atoms with Gasteiger partial charge in [0, 0.05) is 6.04 Å². The first-order chi connectivity index (χ1) is 16.5. The van der Waals surface area contributed by atoms with Crippen LogP contribution >= 0.6 is 11.6 Å². The lowest BCUT2D eigenvalue weighted by Crippen LogP contribution is -2.25. The fourth-order valence-electron chi connectivity index (χ4n) is 3.93. The Morgan fingerprint density at radius 3 is 2.50 bits per heavy atom. The molecule has 3 aromatic rings. The fraction of sp³-hybridized carbons (Fsp3) is 0.407. The van der Waals surface area contributed by atoms with E-state index in [2.05, 4.69) is 31.0 Å². The van der Waals surface area contributed by atoms with Crippen molar-refractivity contribution in [3.63, 3.8) is 0 Å². The van der Waals surface area contributed by atoms with Gasteiger partial charge in [-0.1, -0.05) is 43.7 Å². The zero-order valence-electron chi connectivity index (χ0n) is 20.8. The summed E-state index contributed by atoms with van der Waals surface area (Å²) in [4.78, 5) is 12.0. The zero-order valence-corrected chi connectivity index (χ0v) is 21.5. The third kappa shape index (κ3) is 6.61. The topological polar surface area (TPSA) is 59.5 Å². The summed E-state index contributed by atoms with van der Waals surface area (Å²) in [6.45, 7) is 9.87. The number of halogens is 1. The number of ether oxygens (including phenoxy) is 2. The zero-order chi connectivity index (χ0) is 24.5.